The van der Waals surface area contributed by atoms with Gasteiger partial charge in [-0.25, -0.2) is 0 Å². The van der Waals surface area contributed by atoms with Crippen LogP contribution in [0.4, 0.5) is 0 Å². The Bertz CT molecular complexity index is 1030. The van der Waals surface area contributed by atoms with E-state index in [4.69, 9.17) is 0 Å². The third-order valence-corrected chi connectivity index (χ3v) is 7.02. The molecule has 6 heteroatoms. The zero-order valence-electron chi connectivity index (χ0n) is 16.1. The van der Waals surface area contributed by atoms with Gasteiger partial charge in [-0.2, -0.15) is 16.8 Å². The number of rotatable bonds is 6. The molecule has 142 valence electrons. The number of amides is 1. The quantitative estimate of drug-likeness (QED) is 0.495. The zero-order chi connectivity index (χ0) is 19.4. The van der Waals surface area contributed by atoms with Crippen LogP contribution in [0.1, 0.15) is 28.4 Å². The molecule has 0 aliphatic carbocycles. The SMILES string of the molecule is CCSc1ccccc1C(=O)N=c1sc2cc(C)c(C)cc2n1CCSC. The van der Waals surface area contributed by atoms with Gasteiger partial charge in [0.05, 0.1) is 15.8 Å². The molecule has 3 aromatic rings. The van der Waals surface area contributed by atoms with Crippen molar-refractivity contribution in [3.05, 3.63) is 57.9 Å². The molecule has 0 bridgehead atoms. The molecule has 0 saturated heterocycles. The molecule has 3 rings (SSSR count). The number of aromatic nitrogens is 1. The molecule has 1 aromatic heterocycles. The van der Waals surface area contributed by atoms with Gasteiger partial charge in [-0.05, 0) is 61.2 Å². The van der Waals surface area contributed by atoms with Crippen molar-refractivity contribution >= 4 is 51.0 Å². The van der Waals surface area contributed by atoms with E-state index in [-0.39, 0.29) is 5.91 Å². The summed E-state index contributed by atoms with van der Waals surface area (Å²) < 4.78 is 3.37. The normalized spacial score (nSPS) is 12.1. The number of thioether (sulfide) groups is 2. The molecule has 0 N–H and O–H groups in total. The van der Waals surface area contributed by atoms with Crippen LogP contribution in [-0.4, -0.2) is 28.2 Å². The number of thiazole rings is 1. The molecule has 0 aliphatic heterocycles. The Labute approximate surface area is 172 Å². The van der Waals surface area contributed by atoms with Crippen LogP contribution >= 0.6 is 34.9 Å². The second-order valence-electron chi connectivity index (χ2n) is 6.28. The van der Waals surface area contributed by atoms with Gasteiger partial charge in [-0.15, -0.1) is 11.8 Å². The molecule has 27 heavy (non-hydrogen) atoms. The molecule has 2 aromatic carbocycles. The van der Waals surface area contributed by atoms with Crippen LogP contribution in [0.25, 0.3) is 10.2 Å². The largest absolute Gasteiger partial charge is 0.315 e. The number of fused-ring (bicyclic) bond motifs is 1. The monoisotopic (exact) mass is 416 g/mol. The maximum Gasteiger partial charge on any atom is 0.280 e. The van der Waals surface area contributed by atoms with Crippen LogP contribution in [0.2, 0.25) is 0 Å². The highest BCUT2D eigenvalue weighted by molar-refractivity contribution is 7.99. The first kappa shape index (κ1) is 20.2. The second-order valence-corrected chi connectivity index (χ2v) is 9.58. The number of hydrogen-bond acceptors (Lipinski definition) is 4. The number of carbonyl (C=O) groups excluding carboxylic acids is 1. The van der Waals surface area contributed by atoms with Gasteiger partial charge in [0.2, 0.25) is 0 Å². The fourth-order valence-electron chi connectivity index (χ4n) is 2.88. The van der Waals surface area contributed by atoms with Crippen LogP contribution in [0.3, 0.4) is 0 Å². The topological polar surface area (TPSA) is 34.4 Å². The Morgan fingerprint density at radius 1 is 1.19 bits per heavy atom. The van der Waals surface area contributed by atoms with Crippen LogP contribution < -0.4 is 4.80 Å². The maximum atomic E-state index is 13.0. The van der Waals surface area contributed by atoms with Crippen molar-refractivity contribution in [3.63, 3.8) is 0 Å². The Morgan fingerprint density at radius 2 is 1.93 bits per heavy atom. The van der Waals surface area contributed by atoms with Crippen LogP contribution in [-0.2, 0) is 6.54 Å². The summed E-state index contributed by atoms with van der Waals surface area (Å²) in [5.41, 5.74) is 4.38. The van der Waals surface area contributed by atoms with E-state index in [1.54, 1.807) is 34.9 Å². The highest BCUT2D eigenvalue weighted by Crippen LogP contribution is 2.24. The fourth-order valence-corrected chi connectivity index (χ4v) is 5.17. The minimum atomic E-state index is -0.163. The van der Waals surface area contributed by atoms with Crippen molar-refractivity contribution in [1.29, 1.82) is 0 Å². The minimum absolute atomic E-state index is 0.163. The third kappa shape index (κ3) is 4.50. The van der Waals surface area contributed by atoms with Crippen molar-refractivity contribution < 1.29 is 4.79 Å². The Balaban J connectivity index is 2.13. The first-order valence-electron chi connectivity index (χ1n) is 8.95. The summed E-state index contributed by atoms with van der Waals surface area (Å²) in [6.45, 7) is 7.20. The third-order valence-electron chi connectivity index (χ3n) is 4.43. The Kier molecular flexibility index (Phi) is 6.84. The van der Waals surface area contributed by atoms with Gasteiger partial charge in [0.25, 0.3) is 5.91 Å². The lowest BCUT2D eigenvalue weighted by atomic mass is 10.1. The summed E-state index contributed by atoms with van der Waals surface area (Å²) in [7, 11) is 0. The van der Waals surface area contributed by atoms with E-state index >= 15 is 0 Å². The van der Waals surface area contributed by atoms with Gasteiger partial charge in [-0.1, -0.05) is 30.4 Å². The summed E-state index contributed by atoms with van der Waals surface area (Å²) in [5, 5.41) is 0. The van der Waals surface area contributed by atoms with Crippen LogP contribution in [0.15, 0.2) is 46.3 Å². The van der Waals surface area contributed by atoms with Crippen molar-refractivity contribution in [3.8, 4) is 0 Å². The lowest BCUT2D eigenvalue weighted by Gasteiger charge is -2.06. The number of nitrogens with zero attached hydrogens (tertiary/aromatic N) is 2. The lowest BCUT2D eigenvalue weighted by Crippen LogP contribution is -2.18. The first-order chi connectivity index (χ1) is 13.0. The Morgan fingerprint density at radius 3 is 2.67 bits per heavy atom. The van der Waals surface area contributed by atoms with Gasteiger partial charge >= 0.3 is 0 Å². The van der Waals surface area contributed by atoms with E-state index < -0.39 is 0 Å². The molecule has 0 aliphatic rings. The summed E-state index contributed by atoms with van der Waals surface area (Å²) in [6.07, 6.45) is 2.10. The first-order valence-corrected chi connectivity index (χ1v) is 12.1. The number of aryl methyl sites for hydroxylation is 3. The molecule has 0 spiro atoms. The average molecular weight is 417 g/mol. The van der Waals surface area contributed by atoms with Crippen molar-refractivity contribution in [2.45, 2.75) is 32.2 Å². The standard InChI is InChI=1S/C21H24N2OS3/c1-5-26-18-9-7-6-8-16(18)20(24)22-21-23(10-11-25-4)17-12-14(2)15(3)13-19(17)27-21/h6-9,12-13H,5,10-11H2,1-4H3. The van der Waals surface area contributed by atoms with E-state index in [1.807, 2.05) is 24.3 Å². The van der Waals surface area contributed by atoms with E-state index in [2.05, 4.69) is 48.7 Å². The summed E-state index contributed by atoms with van der Waals surface area (Å²) >= 11 is 5.08. The highest BCUT2D eigenvalue weighted by Gasteiger charge is 2.13. The van der Waals surface area contributed by atoms with Crippen molar-refractivity contribution in [1.82, 2.24) is 4.57 Å². The van der Waals surface area contributed by atoms with E-state index in [0.29, 0.717) is 5.56 Å². The van der Waals surface area contributed by atoms with Crippen LogP contribution in [0.5, 0.6) is 0 Å². The molecule has 3 nitrogen and oxygen atoms in total. The highest BCUT2D eigenvalue weighted by atomic mass is 32.2. The smallest absolute Gasteiger partial charge is 0.280 e. The molecule has 0 fully saturated rings. The van der Waals surface area contributed by atoms with E-state index in [0.717, 1.165) is 27.7 Å². The van der Waals surface area contributed by atoms with Gasteiger partial charge in [0.1, 0.15) is 0 Å². The maximum absolute atomic E-state index is 13.0. The van der Waals surface area contributed by atoms with Crippen LogP contribution in [0, 0.1) is 13.8 Å². The molecule has 0 unspecified atom stereocenters. The number of carbonyl (C=O) groups is 1. The van der Waals surface area contributed by atoms with Gasteiger partial charge in [0, 0.05) is 17.2 Å². The molecular weight excluding hydrogens is 392 g/mol. The Hall–Kier alpha value is -1.50. The fraction of sp³-hybridized carbons (Fsp3) is 0.333. The van der Waals surface area contributed by atoms with E-state index in [9.17, 15) is 4.79 Å². The molecule has 1 amide bonds. The molecular formula is C21H24N2OS3. The summed E-state index contributed by atoms with van der Waals surface area (Å²) in [5.74, 6) is 1.76. The molecule has 0 radical (unpaired) electrons. The lowest BCUT2D eigenvalue weighted by molar-refractivity contribution is 0.0995. The van der Waals surface area contributed by atoms with Gasteiger partial charge in [-0.3, -0.25) is 4.79 Å². The average Bonchev–Trinajstić information content (AvgIpc) is 2.97. The summed E-state index contributed by atoms with van der Waals surface area (Å²) in [6, 6.07) is 12.2. The number of hydrogen-bond donors (Lipinski definition) is 0. The van der Waals surface area contributed by atoms with Gasteiger partial charge < -0.3 is 4.57 Å². The van der Waals surface area contributed by atoms with Gasteiger partial charge in [0.15, 0.2) is 4.80 Å². The zero-order valence-corrected chi connectivity index (χ0v) is 18.6. The van der Waals surface area contributed by atoms with E-state index in [1.165, 1.54) is 21.3 Å². The predicted molar refractivity (Wildman–Crippen MR) is 120 cm³/mol. The van der Waals surface area contributed by atoms with Crippen molar-refractivity contribution in [2.24, 2.45) is 4.99 Å². The number of benzene rings is 2. The van der Waals surface area contributed by atoms with Crippen molar-refractivity contribution in [2.75, 3.05) is 17.8 Å². The summed E-state index contributed by atoms with van der Waals surface area (Å²) in [4.78, 5) is 19.3. The second kappa shape index (κ2) is 9.13. The predicted octanol–water partition coefficient (Wildman–Crippen LogP) is 5.54. The molecule has 0 saturated carbocycles. The molecule has 0 atom stereocenters. The molecule has 1 heterocycles. The minimum Gasteiger partial charge on any atom is -0.315 e.